The Bertz CT molecular complexity index is 1700. The molecule has 1 N–H and O–H groups in total. The molecule has 1 unspecified atom stereocenters. The fourth-order valence-corrected chi connectivity index (χ4v) is 5.74. The summed E-state index contributed by atoms with van der Waals surface area (Å²) in [5, 5.41) is 15.7. The highest BCUT2D eigenvalue weighted by molar-refractivity contribution is 7.10. The number of methoxy groups -OCH3 is 1. The van der Waals surface area contributed by atoms with Crippen LogP contribution in [0.5, 0.6) is 5.75 Å². The lowest BCUT2D eigenvalue weighted by Gasteiger charge is -2.26. The van der Waals surface area contributed by atoms with Crippen LogP contribution < -0.4 is 9.64 Å². The van der Waals surface area contributed by atoms with Gasteiger partial charge >= 0.3 is 0 Å². The second-order valence-electron chi connectivity index (χ2n) is 8.32. The number of aliphatic hydroxyl groups is 1. The van der Waals surface area contributed by atoms with E-state index in [4.69, 9.17) is 20.8 Å². The molecule has 6 nitrogen and oxygen atoms in total. The maximum absolute atomic E-state index is 13.8. The first-order valence-corrected chi connectivity index (χ1v) is 12.3. The molecule has 2 aromatic heterocycles. The number of halogens is 1. The van der Waals surface area contributed by atoms with Crippen molar-refractivity contribution in [2.45, 2.75) is 6.04 Å². The van der Waals surface area contributed by atoms with Crippen molar-refractivity contribution in [1.29, 1.82) is 0 Å². The number of nitrogens with zero attached hydrogens (tertiary/aromatic N) is 1. The molecule has 0 saturated heterocycles. The highest BCUT2D eigenvalue weighted by Gasteiger charge is 2.46. The maximum Gasteiger partial charge on any atom is 0.294 e. The summed E-state index contributed by atoms with van der Waals surface area (Å²) in [6.45, 7) is 0. The first-order chi connectivity index (χ1) is 17.5. The van der Waals surface area contributed by atoms with Gasteiger partial charge in [0.05, 0.1) is 18.4 Å². The molecule has 1 aliphatic rings. The number of ether oxygens (including phenoxy) is 1. The van der Waals surface area contributed by atoms with Crippen LogP contribution >= 0.6 is 22.9 Å². The van der Waals surface area contributed by atoms with Crippen LogP contribution in [0, 0.1) is 0 Å². The Hall–Kier alpha value is -4.07. The van der Waals surface area contributed by atoms with Gasteiger partial charge in [-0.05, 0) is 35.0 Å². The van der Waals surface area contributed by atoms with Gasteiger partial charge in [0.1, 0.15) is 6.04 Å². The van der Waals surface area contributed by atoms with Gasteiger partial charge in [-0.15, -0.1) is 11.3 Å². The summed E-state index contributed by atoms with van der Waals surface area (Å²) >= 11 is 7.58. The van der Waals surface area contributed by atoms with Crippen LogP contribution in [0.25, 0.3) is 21.7 Å². The molecule has 1 atom stereocenters. The lowest BCUT2D eigenvalue weighted by molar-refractivity contribution is -0.117. The third-order valence-corrected chi connectivity index (χ3v) is 7.43. The van der Waals surface area contributed by atoms with Crippen molar-refractivity contribution in [1.82, 2.24) is 0 Å². The Morgan fingerprint density at radius 2 is 1.86 bits per heavy atom. The van der Waals surface area contributed by atoms with Crippen LogP contribution in [-0.4, -0.2) is 23.9 Å². The van der Waals surface area contributed by atoms with E-state index in [-0.39, 0.29) is 11.3 Å². The topological polar surface area (TPSA) is 80.0 Å². The van der Waals surface area contributed by atoms with E-state index in [0.717, 1.165) is 15.6 Å². The van der Waals surface area contributed by atoms with E-state index in [1.54, 1.807) is 18.2 Å². The SMILES string of the molecule is COc1cc(Cl)cc2cc(C(=O)C3=C(O)C(=O)N(c4cccc5ccccc45)C3c3cccs3)oc12. The molecule has 0 saturated carbocycles. The van der Waals surface area contributed by atoms with Crippen LogP contribution in [0.15, 0.2) is 93.9 Å². The number of Topliss-reactive ketones (excluding diaryl/α,β-unsaturated/α-hetero) is 1. The number of rotatable bonds is 5. The third kappa shape index (κ3) is 3.39. The molecule has 0 bridgehead atoms. The van der Waals surface area contributed by atoms with Gasteiger partial charge < -0.3 is 14.3 Å². The number of thiophene rings is 1. The summed E-state index contributed by atoms with van der Waals surface area (Å²) in [7, 11) is 1.48. The summed E-state index contributed by atoms with van der Waals surface area (Å²) < 4.78 is 11.2. The molecule has 0 radical (unpaired) electrons. The molecule has 5 aromatic rings. The summed E-state index contributed by atoms with van der Waals surface area (Å²) in [5.74, 6) is -1.48. The molecular formula is C28H18ClNO5S. The molecule has 3 heterocycles. The number of aliphatic hydroxyl groups excluding tert-OH is 1. The highest BCUT2D eigenvalue weighted by atomic mass is 35.5. The molecule has 178 valence electrons. The van der Waals surface area contributed by atoms with E-state index in [1.165, 1.54) is 23.3 Å². The fourth-order valence-electron chi connectivity index (χ4n) is 4.70. The number of benzene rings is 3. The second-order valence-corrected chi connectivity index (χ2v) is 9.74. The molecule has 36 heavy (non-hydrogen) atoms. The first-order valence-electron chi connectivity index (χ1n) is 11.1. The van der Waals surface area contributed by atoms with Gasteiger partial charge in [0.2, 0.25) is 5.78 Å². The van der Waals surface area contributed by atoms with Gasteiger partial charge in [-0.1, -0.05) is 54.1 Å². The number of hydrogen-bond acceptors (Lipinski definition) is 6. The number of anilines is 1. The average Bonchev–Trinajstić information content (AvgIpc) is 3.62. The van der Waals surface area contributed by atoms with Crippen molar-refractivity contribution in [2.75, 3.05) is 12.0 Å². The molecule has 8 heteroatoms. The van der Waals surface area contributed by atoms with Gasteiger partial charge in [0.15, 0.2) is 22.9 Å². The molecule has 0 aliphatic carbocycles. The summed E-state index contributed by atoms with van der Waals surface area (Å²) in [6.07, 6.45) is 0. The monoisotopic (exact) mass is 515 g/mol. The number of fused-ring (bicyclic) bond motifs is 2. The van der Waals surface area contributed by atoms with Crippen molar-refractivity contribution in [3.05, 3.63) is 105 Å². The van der Waals surface area contributed by atoms with Crippen LogP contribution in [-0.2, 0) is 4.79 Å². The number of furan rings is 1. The van der Waals surface area contributed by atoms with Crippen molar-refractivity contribution in [3.8, 4) is 5.75 Å². The molecule has 3 aromatic carbocycles. The number of carbonyl (C=O) groups excluding carboxylic acids is 2. The van der Waals surface area contributed by atoms with Crippen molar-refractivity contribution < 1.29 is 23.8 Å². The van der Waals surface area contributed by atoms with Crippen molar-refractivity contribution in [3.63, 3.8) is 0 Å². The quantitative estimate of drug-likeness (QED) is 0.253. The molecular weight excluding hydrogens is 498 g/mol. The highest BCUT2D eigenvalue weighted by Crippen LogP contribution is 2.45. The summed E-state index contributed by atoms with van der Waals surface area (Å²) in [5.41, 5.74) is 0.914. The predicted molar refractivity (Wildman–Crippen MR) is 140 cm³/mol. The Balaban J connectivity index is 1.52. The Morgan fingerprint density at radius 1 is 1.06 bits per heavy atom. The minimum absolute atomic E-state index is 0.0266. The van der Waals surface area contributed by atoms with Gasteiger partial charge in [-0.3, -0.25) is 14.5 Å². The zero-order chi connectivity index (χ0) is 25.0. The Kier molecular flexibility index (Phi) is 5.32. The van der Waals surface area contributed by atoms with Gasteiger partial charge in [-0.25, -0.2) is 0 Å². The summed E-state index contributed by atoms with van der Waals surface area (Å²) in [4.78, 5) is 29.6. The molecule has 1 aliphatic heterocycles. The van der Waals surface area contributed by atoms with Crippen LogP contribution in [0.2, 0.25) is 5.02 Å². The van der Waals surface area contributed by atoms with E-state index >= 15 is 0 Å². The molecule has 6 rings (SSSR count). The third-order valence-electron chi connectivity index (χ3n) is 6.28. The van der Waals surface area contributed by atoms with Crippen LogP contribution in [0.3, 0.4) is 0 Å². The number of carbonyl (C=O) groups is 2. The van der Waals surface area contributed by atoms with Gasteiger partial charge in [-0.2, -0.15) is 0 Å². The van der Waals surface area contributed by atoms with E-state index < -0.39 is 23.5 Å². The van der Waals surface area contributed by atoms with Crippen molar-refractivity contribution in [2.24, 2.45) is 0 Å². The van der Waals surface area contributed by atoms with Crippen LogP contribution in [0.4, 0.5) is 5.69 Å². The van der Waals surface area contributed by atoms with Gasteiger partial charge in [0, 0.05) is 26.7 Å². The second kappa shape index (κ2) is 8.55. The molecule has 0 spiro atoms. The normalized spacial score (nSPS) is 15.9. The van der Waals surface area contributed by atoms with Crippen molar-refractivity contribution >= 4 is 62.1 Å². The lowest BCUT2D eigenvalue weighted by Crippen LogP contribution is -2.30. The fraction of sp³-hybridized carbons (Fsp3) is 0.0714. The number of amides is 1. The number of ketones is 1. The largest absolute Gasteiger partial charge is 0.503 e. The Labute approximate surface area is 214 Å². The zero-order valence-electron chi connectivity index (χ0n) is 18.9. The zero-order valence-corrected chi connectivity index (χ0v) is 20.5. The van der Waals surface area contributed by atoms with Gasteiger partial charge in [0.25, 0.3) is 5.91 Å². The minimum Gasteiger partial charge on any atom is -0.503 e. The molecule has 0 fully saturated rings. The minimum atomic E-state index is -0.825. The lowest BCUT2D eigenvalue weighted by atomic mass is 9.99. The standard InChI is InChI=1S/C28H18ClNO5S/c1-34-21-14-17(29)12-16-13-20(35-27(16)21)25(31)23-24(22-10-5-11-36-22)30(28(33)26(23)32)19-9-4-7-15-6-2-3-8-18(15)19/h2-14,24,32H,1H3. The smallest absolute Gasteiger partial charge is 0.294 e. The predicted octanol–water partition coefficient (Wildman–Crippen LogP) is 7.09. The van der Waals surface area contributed by atoms with E-state index in [0.29, 0.717) is 27.4 Å². The maximum atomic E-state index is 13.8. The van der Waals surface area contributed by atoms with E-state index in [9.17, 15) is 14.7 Å². The molecule has 1 amide bonds. The number of hydrogen-bond donors (Lipinski definition) is 1. The summed E-state index contributed by atoms with van der Waals surface area (Å²) in [6, 6.07) is 20.9. The Morgan fingerprint density at radius 3 is 2.64 bits per heavy atom. The van der Waals surface area contributed by atoms with Crippen LogP contribution in [0.1, 0.15) is 21.5 Å². The van der Waals surface area contributed by atoms with E-state index in [2.05, 4.69) is 0 Å². The first kappa shape index (κ1) is 22.4. The average molecular weight is 516 g/mol. The van der Waals surface area contributed by atoms with E-state index in [1.807, 2.05) is 60.0 Å².